The average Bonchev–Trinajstić information content (AvgIpc) is 2.37. The summed E-state index contributed by atoms with van der Waals surface area (Å²) < 4.78 is 30.7. The first kappa shape index (κ1) is 15.9. The second-order valence-electron chi connectivity index (χ2n) is 3.77. The first-order chi connectivity index (χ1) is 9.19. The Morgan fingerprint density at radius 1 is 1.50 bits per heavy atom. The van der Waals surface area contributed by atoms with Crippen molar-refractivity contribution in [3.63, 3.8) is 0 Å². The number of sulfonamides is 1. The van der Waals surface area contributed by atoms with E-state index in [0.29, 0.717) is 0 Å². The maximum absolute atomic E-state index is 12.0. The number of ether oxygens (including phenoxy) is 1. The lowest BCUT2D eigenvalue weighted by Crippen LogP contribution is -2.38. The van der Waals surface area contributed by atoms with E-state index in [2.05, 4.69) is 0 Å². The van der Waals surface area contributed by atoms with Crippen molar-refractivity contribution in [2.45, 2.75) is 17.9 Å². The highest BCUT2D eigenvalue weighted by Crippen LogP contribution is 2.28. The number of carbonyl (C=O) groups is 1. The molecule has 2 N–H and O–H groups in total. The summed E-state index contributed by atoms with van der Waals surface area (Å²) in [5.74, 6) is -1.60. The fourth-order valence-corrected chi connectivity index (χ4v) is 2.69. The minimum absolute atomic E-state index is 0.246. The largest absolute Gasteiger partial charge is 0.495 e. The lowest BCUT2D eigenvalue weighted by molar-refractivity contribution is -0.385. The Balaban J connectivity index is 3.25. The van der Waals surface area contributed by atoms with Crippen molar-refractivity contribution in [3.8, 4) is 5.75 Å². The van der Waals surface area contributed by atoms with Crippen molar-refractivity contribution in [1.29, 1.82) is 0 Å². The van der Waals surface area contributed by atoms with Gasteiger partial charge in [-0.25, -0.2) is 8.42 Å². The van der Waals surface area contributed by atoms with Crippen LogP contribution in [0.5, 0.6) is 5.75 Å². The maximum Gasteiger partial charge on any atom is 0.321 e. The molecule has 1 rings (SSSR count). The molecular weight excluding hydrogens is 292 g/mol. The van der Waals surface area contributed by atoms with Crippen LogP contribution in [0.4, 0.5) is 5.69 Å². The van der Waals surface area contributed by atoms with Crippen LogP contribution in [0.15, 0.2) is 23.1 Å². The van der Waals surface area contributed by atoms with Gasteiger partial charge in [0.25, 0.3) is 5.69 Å². The van der Waals surface area contributed by atoms with E-state index in [1.807, 2.05) is 4.72 Å². The number of nitro benzene ring substituents is 1. The Morgan fingerprint density at radius 2 is 2.10 bits per heavy atom. The van der Waals surface area contributed by atoms with Crippen LogP contribution in [-0.4, -0.2) is 37.6 Å². The van der Waals surface area contributed by atoms with Crippen molar-refractivity contribution in [2.75, 3.05) is 7.11 Å². The predicted octanol–water partition coefficient (Wildman–Crippen LogP) is 0.355. The van der Waals surface area contributed by atoms with Gasteiger partial charge >= 0.3 is 5.97 Å². The third-order valence-corrected chi connectivity index (χ3v) is 3.93. The van der Waals surface area contributed by atoms with Gasteiger partial charge in [-0.2, -0.15) is 4.72 Å². The number of hydrogen-bond donors (Lipinski definition) is 2. The molecule has 110 valence electrons. The van der Waals surface area contributed by atoms with Crippen LogP contribution >= 0.6 is 0 Å². The minimum Gasteiger partial charge on any atom is -0.495 e. The van der Waals surface area contributed by atoms with Crippen molar-refractivity contribution < 1.29 is 28.0 Å². The van der Waals surface area contributed by atoms with E-state index in [0.717, 1.165) is 32.2 Å². The summed E-state index contributed by atoms with van der Waals surface area (Å²) in [6.45, 7) is 1.15. The quantitative estimate of drug-likeness (QED) is 0.571. The number of nitrogens with one attached hydrogen (secondary N) is 1. The molecule has 20 heavy (non-hydrogen) atoms. The normalized spacial score (nSPS) is 12.7. The predicted molar refractivity (Wildman–Crippen MR) is 67.1 cm³/mol. The zero-order valence-corrected chi connectivity index (χ0v) is 11.4. The number of rotatable bonds is 6. The zero-order chi connectivity index (χ0) is 15.5. The number of nitrogens with zero attached hydrogens (tertiary/aromatic N) is 1. The lowest BCUT2D eigenvalue weighted by atomic mass is 10.3. The molecule has 1 unspecified atom stereocenters. The van der Waals surface area contributed by atoms with E-state index >= 15 is 0 Å². The van der Waals surface area contributed by atoms with E-state index in [4.69, 9.17) is 9.84 Å². The van der Waals surface area contributed by atoms with Gasteiger partial charge in [-0.15, -0.1) is 0 Å². The molecule has 10 heteroatoms. The Kier molecular flexibility index (Phi) is 4.63. The number of methoxy groups -OCH3 is 1. The Bertz CT molecular complexity index is 641. The van der Waals surface area contributed by atoms with Crippen molar-refractivity contribution in [3.05, 3.63) is 28.3 Å². The number of hydrogen-bond acceptors (Lipinski definition) is 6. The molecule has 9 nitrogen and oxygen atoms in total. The highest BCUT2D eigenvalue weighted by Gasteiger charge is 2.26. The molecular formula is C10H12N2O7S. The topological polar surface area (TPSA) is 136 Å². The van der Waals surface area contributed by atoms with Gasteiger partial charge in [0.1, 0.15) is 16.7 Å². The van der Waals surface area contributed by atoms with Crippen LogP contribution in [0.1, 0.15) is 6.92 Å². The van der Waals surface area contributed by atoms with Crippen molar-refractivity contribution in [2.24, 2.45) is 0 Å². The fraction of sp³-hybridized carbons (Fsp3) is 0.300. The summed E-state index contributed by atoms with van der Waals surface area (Å²) in [7, 11) is -3.02. The lowest BCUT2D eigenvalue weighted by Gasteiger charge is -2.12. The molecule has 0 saturated heterocycles. The molecule has 0 fully saturated rings. The summed E-state index contributed by atoms with van der Waals surface area (Å²) in [5, 5.41) is 19.3. The molecule has 0 aliphatic rings. The molecule has 0 radical (unpaired) electrons. The van der Waals surface area contributed by atoms with Gasteiger partial charge in [-0.1, -0.05) is 0 Å². The molecule has 0 aliphatic heterocycles. The van der Waals surface area contributed by atoms with Gasteiger partial charge in [0.05, 0.1) is 18.1 Å². The highest BCUT2D eigenvalue weighted by molar-refractivity contribution is 7.89. The molecule has 0 saturated carbocycles. The van der Waals surface area contributed by atoms with Crippen LogP contribution < -0.4 is 9.46 Å². The monoisotopic (exact) mass is 304 g/mol. The molecule has 1 atom stereocenters. The van der Waals surface area contributed by atoms with E-state index in [1.165, 1.54) is 0 Å². The second kappa shape index (κ2) is 5.84. The van der Waals surface area contributed by atoms with Crippen LogP contribution in [0.3, 0.4) is 0 Å². The van der Waals surface area contributed by atoms with E-state index < -0.39 is 27.0 Å². The van der Waals surface area contributed by atoms with Gasteiger partial charge in [0.2, 0.25) is 10.0 Å². The van der Waals surface area contributed by atoms with Gasteiger partial charge in [-0.05, 0) is 13.0 Å². The molecule has 0 bridgehead atoms. The third-order valence-electron chi connectivity index (χ3n) is 2.35. The third kappa shape index (κ3) is 3.42. The van der Waals surface area contributed by atoms with Crippen LogP contribution in [0, 0.1) is 10.1 Å². The standard InChI is InChI=1S/C10H12N2O7S/c1-6(10(13)14)11-20(17,18)9-4-3-7(12(15)16)5-8(9)19-2/h3-6,11H,1-2H3,(H,13,14). The van der Waals surface area contributed by atoms with Gasteiger partial charge < -0.3 is 9.84 Å². The summed E-state index contributed by atoms with van der Waals surface area (Å²) in [6.07, 6.45) is 0. The molecule has 0 spiro atoms. The average molecular weight is 304 g/mol. The summed E-state index contributed by atoms with van der Waals surface area (Å²) in [6, 6.07) is 1.57. The number of non-ortho nitro benzene ring substituents is 1. The smallest absolute Gasteiger partial charge is 0.321 e. The first-order valence-electron chi connectivity index (χ1n) is 5.26. The zero-order valence-electron chi connectivity index (χ0n) is 10.6. The van der Waals surface area contributed by atoms with E-state index in [1.54, 1.807) is 0 Å². The SMILES string of the molecule is COc1cc([N+](=O)[O-])ccc1S(=O)(=O)NC(C)C(=O)O. The van der Waals surface area contributed by atoms with Gasteiger partial charge in [-0.3, -0.25) is 14.9 Å². The molecule has 0 heterocycles. The van der Waals surface area contributed by atoms with Crippen LogP contribution in [-0.2, 0) is 14.8 Å². The van der Waals surface area contributed by atoms with E-state index in [9.17, 15) is 23.3 Å². The maximum atomic E-state index is 12.0. The Morgan fingerprint density at radius 3 is 2.55 bits per heavy atom. The molecule has 0 aromatic heterocycles. The fourth-order valence-electron chi connectivity index (χ4n) is 1.34. The second-order valence-corrected chi connectivity index (χ2v) is 5.46. The van der Waals surface area contributed by atoms with Crippen molar-refractivity contribution >= 4 is 21.7 Å². The van der Waals surface area contributed by atoms with Crippen molar-refractivity contribution in [1.82, 2.24) is 4.72 Å². The number of aliphatic carboxylic acids is 1. The molecule has 1 aromatic rings. The van der Waals surface area contributed by atoms with Gasteiger partial charge in [0.15, 0.2) is 0 Å². The summed E-state index contributed by atoms with van der Waals surface area (Å²) in [5.41, 5.74) is -0.341. The number of carboxylic acid groups (broad SMARTS) is 1. The first-order valence-corrected chi connectivity index (χ1v) is 6.75. The van der Waals surface area contributed by atoms with Crippen LogP contribution in [0.2, 0.25) is 0 Å². The highest BCUT2D eigenvalue weighted by atomic mass is 32.2. The minimum atomic E-state index is -4.17. The molecule has 0 amide bonds. The Labute approximate surface area is 114 Å². The number of nitro groups is 1. The molecule has 1 aromatic carbocycles. The number of benzene rings is 1. The Hall–Kier alpha value is -2.20. The summed E-state index contributed by atoms with van der Waals surface area (Å²) >= 11 is 0. The van der Waals surface area contributed by atoms with Gasteiger partial charge in [0, 0.05) is 6.07 Å². The number of carboxylic acids is 1. The molecule has 0 aliphatic carbocycles. The van der Waals surface area contributed by atoms with E-state index in [-0.39, 0.29) is 16.3 Å². The van der Waals surface area contributed by atoms with Crippen LogP contribution in [0.25, 0.3) is 0 Å². The summed E-state index contributed by atoms with van der Waals surface area (Å²) in [4.78, 5) is 20.2.